The summed E-state index contributed by atoms with van der Waals surface area (Å²) in [5.41, 5.74) is 0. The summed E-state index contributed by atoms with van der Waals surface area (Å²) in [6.07, 6.45) is 43.4. The minimum absolute atomic E-state index is 0. The SMILES string of the molecule is CCCCCCCCCCCCCCCCCC(=O)CCCCCCCCCCCCCCCCC.[Mg]. The lowest BCUT2D eigenvalue weighted by atomic mass is 10.0. The van der Waals surface area contributed by atoms with Gasteiger partial charge in [-0.1, -0.05) is 194 Å². The molecule has 37 heavy (non-hydrogen) atoms. The zero-order valence-corrected chi connectivity index (χ0v) is 27.7. The molecule has 0 aromatic heterocycles. The molecule has 0 heterocycles. The van der Waals surface area contributed by atoms with Crippen LogP contribution in [0.3, 0.4) is 0 Å². The number of ketones is 1. The summed E-state index contributed by atoms with van der Waals surface area (Å²) in [5.74, 6) is 0.527. The Bertz CT molecular complexity index is 372. The van der Waals surface area contributed by atoms with Gasteiger partial charge in [0.25, 0.3) is 0 Å². The average Bonchev–Trinajstić information content (AvgIpc) is 2.88. The van der Waals surface area contributed by atoms with Crippen molar-refractivity contribution in [2.45, 2.75) is 219 Å². The van der Waals surface area contributed by atoms with E-state index in [9.17, 15) is 4.79 Å². The highest BCUT2D eigenvalue weighted by molar-refractivity contribution is 5.78. The van der Waals surface area contributed by atoms with Gasteiger partial charge in [0.2, 0.25) is 0 Å². The van der Waals surface area contributed by atoms with Gasteiger partial charge in [-0.15, -0.1) is 0 Å². The maximum Gasteiger partial charge on any atom is 0.132 e. The van der Waals surface area contributed by atoms with Gasteiger partial charge in [0.05, 0.1) is 0 Å². The molecule has 0 unspecified atom stereocenters. The lowest BCUT2D eigenvalue weighted by molar-refractivity contribution is -0.119. The molecule has 2 heteroatoms. The zero-order valence-electron chi connectivity index (χ0n) is 26.2. The van der Waals surface area contributed by atoms with Gasteiger partial charge < -0.3 is 0 Å². The molecular formula is C35H70MgO. The third kappa shape index (κ3) is 36.4. The molecule has 0 rings (SSSR count). The number of carbonyl (C=O) groups is 1. The zero-order chi connectivity index (χ0) is 26.2. The summed E-state index contributed by atoms with van der Waals surface area (Å²) in [4.78, 5) is 12.1. The fraction of sp³-hybridized carbons (Fsp3) is 0.971. The Labute approximate surface area is 252 Å². The van der Waals surface area contributed by atoms with E-state index in [1.807, 2.05) is 0 Å². The first-order valence-electron chi connectivity index (χ1n) is 17.3. The molecule has 0 bridgehead atoms. The summed E-state index contributed by atoms with van der Waals surface area (Å²) in [5, 5.41) is 0. The molecule has 1 nitrogen and oxygen atoms in total. The molecule has 0 saturated heterocycles. The lowest BCUT2D eigenvalue weighted by Gasteiger charge is -2.04. The second-order valence-corrected chi connectivity index (χ2v) is 11.9. The Morgan fingerprint density at radius 1 is 0.297 bits per heavy atom. The van der Waals surface area contributed by atoms with Crippen LogP contribution < -0.4 is 0 Å². The van der Waals surface area contributed by atoms with Crippen LogP contribution in [0.5, 0.6) is 0 Å². The Morgan fingerprint density at radius 2 is 0.459 bits per heavy atom. The first-order valence-corrected chi connectivity index (χ1v) is 17.3. The molecule has 0 fully saturated rings. The van der Waals surface area contributed by atoms with Crippen LogP contribution in [0.1, 0.15) is 219 Å². The van der Waals surface area contributed by atoms with E-state index < -0.39 is 0 Å². The normalized spacial score (nSPS) is 11.1. The van der Waals surface area contributed by atoms with Gasteiger partial charge in [0.1, 0.15) is 5.78 Å². The average molecular weight is 531 g/mol. The summed E-state index contributed by atoms with van der Waals surface area (Å²) < 4.78 is 0. The molecule has 2 radical (unpaired) electrons. The highest BCUT2D eigenvalue weighted by Gasteiger charge is 2.02. The number of Topliss-reactive ketones (excluding diaryl/α,β-unsaturated/α-hetero) is 1. The molecule has 0 aromatic rings. The standard InChI is InChI=1S/C35H70O.Mg/c1-3-5-7-9-11-13-15-17-19-21-23-25-27-29-31-33-35(36)34-32-30-28-26-24-22-20-18-16-14-12-10-8-6-4-2;/h3-34H2,1-2H3;. The van der Waals surface area contributed by atoms with E-state index >= 15 is 0 Å². The van der Waals surface area contributed by atoms with E-state index in [2.05, 4.69) is 13.8 Å². The first-order chi connectivity index (χ1) is 17.8. The summed E-state index contributed by atoms with van der Waals surface area (Å²) in [6.45, 7) is 4.59. The van der Waals surface area contributed by atoms with E-state index in [0.717, 1.165) is 25.7 Å². The summed E-state index contributed by atoms with van der Waals surface area (Å²) in [7, 11) is 0. The van der Waals surface area contributed by atoms with Crippen molar-refractivity contribution in [2.75, 3.05) is 0 Å². The highest BCUT2D eigenvalue weighted by Crippen LogP contribution is 2.16. The van der Waals surface area contributed by atoms with Crippen molar-refractivity contribution in [3.05, 3.63) is 0 Å². The van der Waals surface area contributed by atoms with E-state index in [1.54, 1.807) is 0 Å². The van der Waals surface area contributed by atoms with E-state index in [-0.39, 0.29) is 23.1 Å². The van der Waals surface area contributed by atoms with Gasteiger partial charge in [0, 0.05) is 35.9 Å². The van der Waals surface area contributed by atoms with Crippen molar-refractivity contribution in [1.29, 1.82) is 0 Å². The molecule has 0 saturated carbocycles. The Kier molecular flexibility index (Phi) is 39.0. The van der Waals surface area contributed by atoms with Gasteiger partial charge in [0.15, 0.2) is 0 Å². The third-order valence-corrected chi connectivity index (χ3v) is 8.12. The van der Waals surface area contributed by atoms with Crippen LogP contribution in [-0.2, 0) is 4.79 Å². The van der Waals surface area contributed by atoms with Crippen LogP contribution in [0.4, 0.5) is 0 Å². The number of hydrogen-bond donors (Lipinski definition) is 0. The van der Waals surface area contributed by atoms with Crippen LogP contribution in [0, 0.1) is 0 Å². The van der Waals surface area contributed by atoms with Crippen molar-refractivity contribution >= 4 is 28.8 Å². The molecule has 0 amide bonds. The van der Waals surface area contributed by atoms with Crippen LogP contribution in [0.15, 0.2) is 0 Å². The number of hydrogen-bond acceptors (Lipinski definition) is 1. The van der Waals surface area contributed by atoms with Gasteiger partial charge in [-0.05, 0) is 12.8 Å². The fourth-order valence-electron chi connectivity index (χ4n) is 5.51. The van der Waals surface area contributed by atoms with Crippen molar-refractivity contribution in [2.24, 2.45) is 0 Å². The molecular weight excluding hydrogens is 461 g/mol. The minimum Gasteiger partial charge on any atom is -0.300 e. The van der Waals surface area contributed by atoms with E-state index in [0.29, 0.717) is 5.78 Å². The molecule has 0 N–H and O–H groups in total. The lowest BCUT2D eigenvalue weighted by Crippen LogP contribution is -1.97. The smallest absolute Gasteiger partial charge is 0.132 e. The molecule has 0 spiro atoms. The van der Waals surface area contributed by atoms with Crippen molar-refractivity contribution in [3.63, 3.8) is 0 Å². The van der Waals surface area contributed by atoms with Crippen LogP contribution in [-0.4, -0.2) is 28.8 Å². The summed E-state index contributed by atoms with van der Waals surface area (Å²) in [6, 6.07) is 0. The summed E-state index contributed by atoms with van der Waals surface area (Å²) >= 11 is 0. The van der Waals surface area contributed by atoms with Crippen LogP contribution in [0.2, 0.25) is 0 Å². The number of rotatable bonds is 32. The van der Waals surface area contributed by atoms with Crippen molar-refractivity contribution < 1.29 is 4.79 Å². The highest BCUT2D eigenvalue weighted by atomic mass is 24.3. The molecule has 0 atom stereocenters. The van der Waals surface area contributed by atoms with E-state index in [4.69, 9.17) is 0 Å². The number of unbranched alkanes of at least 4 members (excludes halogenated alkanes) is 28. The van der Waals surface area contributed by atoms with Gasteiger partial charge in [-0.2, -0.15) is 0 Å². The van der Waals surface area contributed by atoms with Crippen molar-refractivity contribution in [1.82, 2.24) is 0 Å². The predicted octanol–water partition coefficient (Wildman–Crippen LogP) is 12.7. The van der Waals surface area contributed by atoms with Gasteiger partial charge >= 0.3 is 0 Å². The Hall–Kier alpha value is 0.436. The molecule has 0 aliphatic heterocycles. The van der Waals surface area contributed by atoms with Crippen LogP contribution >= 0.6 is 0 Å². The molecule has 0 aliphatic rings. The Morgan fingerprint density at radius 3 is 0.649 bits per heavy atom. The topological polar surface area (TPSA) is 17.1 Å². The Balaban J connectivity index is 0. The van der Waals surface area contributed by atoms with Gasteiger partial charge in [-0.25, -0.2) is 0 Å². The first kappa shape index (κ1) is 39.6. The quantitative estimate of drug-likeness (QED) is 0.0624. The van der Waals surface area contributed by atoms with Gasteiger partial charge in [-0.3, -0.25) is 4.79 Å². The second-order valence-electron chi connectivity index (χ2n) is 11.9. The van der Waals surface area contributed by atoms with E-state index in [1.165, 1.54) is 180 Å². The van der Waals surface area contributed by atoms with Crippen LogP contribution in [0.25, 0.3) is 0 Å². The predicted molar refractivity (Wildman–Crippen MR) is 170 cm³/mol. The molecule has 0 aromatic carbocycles. The third-order valence-electron chi connectivity index (χ3n) is 8.12. The minimum atomic E-state index is 0. The monoisotopic (exact) mass is 531 g/mol. The fourth-order valence-corrected chi connectivity index (χ4v) is 5.51. The maximum absolute atomic E-state index is 12.1. The number of carbonyl (C=O) groups excluding carboxylic acids is 1. The maximum atomic E-state index is 12.1. The molecule has 218 valence electrons. The largest absolute Gasteiger partial charge is 0.300 e. The second kappa shape index (κ2) is 36.4. The van der Waals surface area contributed by atoms with Crippen molar-refractivity contribution in [3.8, 4) is 0 Å². The molecule has 0 aliphatic carbocycles.